The Kier molecular flexibility index (Phi) is 6.22. The highest BCUT2D eigenvalue weighted by Crippen LogP contribution is 2.20. The highest BCUT2D eigenvalue weighted by molar-refractivity contribution is 5.94. The summed E-state index contributed by atoms with van der Waals surface area (Å²) in [5, 5.41) is 23.4. The zero-order valence-corrected chi connectivity index (χ0v) is 16.1. The van der Waals surface area contributed by atoms with Gasteiger partial charge in [0.05, 0.1) is 31.2 Å². The lowest BCUT2D eigenvalue weighted by Crippen LogP contribution is -2.24. The monoisotopic (exact) mass is 398 g/mol. The lowest BCUT2D eigenvalue weighted by molar-refractivity contribution is -0.137. The van der Waals surface area contributed by atoms with Crippen molar-refractivity contribution in [3.8, 4) is 11.4 Å². The van der Waals surface area contributed by atoms with Gasteiger partial charge in [0.25, 0.3) is 5.91 Å². The fraction of sp³-hybridized carbons (Fsp3) is 0.316. The number of amides is 1. The van der Waals surface area contributed by atoms with Gasteiger partial charge in [-0.1, -0.05) is 37.3 Å². The summed E-state index contributed by atoms with van der Waals surface area (Å²) in [6.45, 7) is 4.27. The van der Waals surface area contributed by atoms with Gasteiger partial charge in [-0.15, -0.1) is 5.10 Å². The van der Waals surface area contributed by atoms with Gasteiger partial charge in [0.2, 0.25) is 0 Å². The molecule has 0 saturated heterocycles. The number of hydrogen-bond acceptors (Lipinski definition) is 6. The van der Waals surface area contributed by atoms with Crippen molar-refractivity contribution in [1.29, 1.82) is 0 Å². The van der Waals surface area contributed by atoms with Crippen LogP contribution in [0.1, 0.15) is 30.0 Å². The van der Waals surface area contributed by atoms with Gasteiger partial charge in [0, 0.05) is 0 Å². The number of para-hydroxylation sites is 1. The van der Waals surface area contributed by atoms with Crippen molar-refractivity contribution >= 4 is 11.9 Å². The fourth-order valence-corrected chi connectivity index (χ4v) is 2.48. The fourth-order valence-electron chi connectivity index (χ4n) is 2.48. The Balaban J connectivity index is 1.74. The molecule has 29 heavy (non-hydrogen) atoms. The molecule has 0 unspecified atom stereocenters. The van der Waals surface area contributed by atoms with E-state index in [9.17, 15) is 9.59 Å². The van der Waals surface area contributed by atoms with Gasteiger partial charge in [0.1, 0.15) is 12.2 Å². The third kappa shape index (κ3) is 5.41. The number of rotatable bonds is 9. The van der Waals surface area contributed by atoms with Crippen LogP contribution in [0.3, 0.4) is 0 Å². The summed E-state index contributed by atoms with van der Waals surface area (Å²) in [5.41, 5.74) is 1.40. The number of benzene rings is 1. The van der Waals surface area contributed by atoms with Crippen LogP contribution in [-0.2, 0) is 17.9 Å². The molecule has 2 N–H and O–H groups in total. The number of carbonyl (C=O) groups is 2. The molecular formula is C19H22N6O4. The van der Waals surface area contributed by atoms with Crippen LogP contribution in [0.15, 0.2) is 42.7 Å². The smallest absolute Gasteiger partial charge is 0.325 e. The van der Waals surface area contributed by atoms with Crippen LogP contribution in [0.4, 0.5) is 0 Å². The second-order valence-corrected chi connectivity index (χ2v) is 6.81. The molecule has 3 aromatic rings. The van der Waals surface area contributed by atoms with Crippen LogP contribution in [-0.4, -0.2) is 48.4 Å². The van der Waals surface area contributed by atoms with E-state index in [1.807, 2.05) is 44.2 Å². The minimum absolute atomic E-state index is 0.0836. The Hall–Kier alpha value is -3.69. The number of hydrogen-bond donors (Lipinski definition) is 2. The third-order valence-corrected chi connectivity index (χ3v) is 3.80. The first-order valence-electron chi connectivity index (χ1n) is 9.09. The van der Waals surface area contributed by atoms with Crippen LogP contribution in [0.2, 0.25) is 0 Å². The van der Waals surface area contributed by atoms with Crippen molar-refractivity contribution in [2.24, 2.45) is 5.92 Å². The second-order valence-electron chi connectivity index (χ2n) is 6.81. The van der Waals surface area contributed by atoms with Gasteiger partial charge in [-0.25, -0.2) is 9.36 Å². The molecule has 1 amide bonds. The van der Waals surface area contributed by atoms with Gasteiger partial charge >= 0.3 is 5.97 Å². The Morgan fingerprint density at radius 3 is 2.66 bits per heavy atom. The average Bonchev–Trinajstić information content (AvgIpc) is 3.31. The lowest BCUT2D eigenvalue weighted by Gasteiger charge is -2.08. The van der Waals surface area contributed by atoms with Crippen LogP contribution in [0.25, 0.3) is 5.69 Å². The number of ether oxygens (including phenoxy) is 1. The molecule has 0 fully saturated rings. The maximum Gasteiger partial charge on any atom is 0.325 e. The molecule has 10 nitrogen and oxygen atoms in total. The molecule has 0 aliphatic carbocycles. The van der Waals surface area contributed by atoms with Crippen LogP contribution in [0, 0.1) is 5.92 Å². The molecule has 0 atom stereocenters. The molecule has 0 bridgehead atoms. The number of nitrogens with zero attached hydrogens (tertiary/aromatic N) is 5. The largest absolute Gasteiger partial charge is 0.489 e. The van der Waals surface area contributed by atoms with Gasteiger partial charge in [-0.3, -0.25) is 9.59 Å². The van der Waals surface area contributed by atoms with E-state index in [1.165, 1.54) is 10.9 Å². The number of carboxylic acids is 1. The van der Waals surface area contributed by atoms with Crippen molar-refractivity contribution in [2.75, 3.05) is 6.61 Å². The maximum absolute atomic E-state index is 12.7. The van der Waals surface area contributed by atoms with Crippen molar-refractivity contribution in [3.63, 3.8) is 0 Å². The van der Waals surface area contributed by atoms with Gasteiger partial charge < -0.3 is 15.2 Å². The predicted octanol–water partition coefficient (Wildman–Crippen LogP) is 1.51. The van der Waals surface area contributed by atoms with Crippen molar-refractivity contribution in [2.45, 2.75) is 26.9 Å². The zero-order valence-electron chi connectivity index (χ0n) is 16.1. The van der Waals surface area contributed by atoms with Crippen molar-refractivity contribution < 1.29 is 19.4 Å². The van der Waals surface area contributed by atoms with Gasteiger partial charge in [0.15, 0.2) is 11.4 Å². The molecule has 0 aliphatic rings. The standard InChI is InChI=1S/C19H22N6O4/c1-13(2)12-29-16-10-25(15-6-4-3-5-7-15)22-18(16)19(28)20-8-14-9-24(23-21-14)11-17(26)27/h3-7,9-10,13H,8,11-12H2,1-2H3,(H,20,28)(H,26,27). The highest BCUT2D eigenvalue weighted by Gasteiger charge is 2.19. The molecule has 0 spiro atoms. The lowest BCUT2D eigenvalue weighted by atomic mass is 10.2. The number of aliphatic carboxylic acids is 1. The predicted molar refractivity (Wildman–Crippen MR) is 103 cm³/mol. The summed E-state index contributed by atoms with van der Waals surface area (Å²) in [5.74, 6) is -0.778. The molecule has 2 heterocycles. The Bertz CT molecular complexity index is 980. The minimum atomic E-state index is -1.02. The topological polar surface area (TPSA) is 124 Å². The van der Waals surface area contributed by atoms with Crippen molar-refractivity contribution in [3.05, 3.63) is 54.1 Å². The van der Waals surface area contributed by atoms with Crippen LogP contribution in [0.5, 0.6) is 5.75 Å². The first-order chi connectivity index (χ1) is 13.9. The SMILES string of the molecule is CC(C)COc1cn(-c2ccccc2)nc1C(=O)NCc1cn(CC(=O)O)nn1. The third-order valence-electron chi connectivity index (χ3n) is 3.80. The molecule has 0 aliphatic heterocycles. The first kappa shape index (κ1) is 20.1. The molecule has 1 aromatic carbocycles. The summed E-state index contributed by atoms with van der Waals surface area (Å²) in [6, 6.07) is 9.41. The number of nitrogens with one attached hydrogen (secondary N) is 1. The molecule has 0 saturated carbocycles. The average molecular weight is 398 g/mol. The summed E-state index contributed by atoms with van der Waals surface area (Å²) < 4.78 is 8.56. The molecule has 10 heteroatoms. The van der Waals surface area contributed by atoms with E-state index in [2.05, 4.69) is 20.7 Å². The molecule has 3 rings (SSSR count). The Morgan fingerprint density at radius 2 is 1.97 bits per heavy atom. The first-order valence-corrected chi connectivity index (χ1v) is 9.09. The summed E-state index contributed by atoms with van der Waals surface area (Å²) in [4.78, 5) is 23.4. The molecule has 2 aromatic heterocycles. The van der Waals surface area contributed by atoms with E-state index in [4.69, 9.17) is 9.84 Å². The van der Waals surface area contributed by atoms with E-state index in [1.54, 1.807) is 10.9 Å². The molecular weight excluding hydrogens is 376 g/mol. The van der Waals surface area contributed by atoms with Crippen molar-refractivity contribution in [1.82, 2.24) is 30.1 Å². The van der Waals surface area contributed by atoms with E-state index >= 15 is 0 Å². The Labute approximate surface area is 167 Å². The summed E-state index contributed by atoms with van der Waals surface area (Å²) in [6.07, 6.45) is 3.14. The van der Waals surface area contributed by atoms with E-state index in [0.717, 1.165) is 5.69 Å². The zero-order chi connectivity index (χ0) is 20.8. The van der Waals surface area contributed by atoms with E-state index in [-0.39, 0.29) is 24.7 Å². The normalized spacial score (nSPS) is 10.9. The van der Waals surface area contributed by atoms with Crippen LogP contribution >= 0.6 is 0 Å². The maximum atomic E-state index is 12.7. The number of carbonyl (C=O) groups excluding carboxylic acids is 1. The van der Waals surface area contributed by atoms with E-state index in [0.29, 0.717) is 18.1 Å². The quantitative estimate of drug-likeness (QED) is 0.560. The van der Waals surface area contributed by atoms with Crippen LogP contribution < -0.4 is 10.1 Å². The van der Waals surface area contributed by atoms with Gasteiger partial charge in [-0.05, 0) is 18.1 Å². The number of aromatic nitrogens is 5. The number of carboxylic acid groups (broad SMARTS) is 1. The molecule has 0 radical (unpaired) electrons. The highest BCUT2D eigenvalue weighted by atomic mass is 16.5. The molecule has 152 valence electrons. The van der Waals surface area contributed by atoms with Gasteiger partial charge in [-0.2, -0.15) is 5.10 Å². The Morgan fingerprint density at radius 1 is 1.21 bits per heavy atom. The minimum Gasteiger partial charge on any atom is -0.489 e. The summed E-state index contributed by atoms with van der Waals surface area (Å²) >= 11 is 0. The van der Waals surface area contributed by atoms with E-state index < -0.39 is 11.9 Å². The summed E-state index contributed by atoms with van der Waals surface area (Å²) in [7, 11) is 0. The second kappa shape index (κ2) is 9.00.